The van der Waals surface area contributed by atoms with E-state index in [1.54, 1.807) is 13.0 Å². The summed E-state index contributed by atoms with van der Waals surface area (Å²) in [6, 6.07) is 27.8. The van der Waals surface area contributed by atoms with Gasteiger partial charge in [-0.3, -0.25) is 9.59 Å². The SMILES string of the molecule is CO[C@H]1O[C@H](CO)[C@@H](OCc2ccccc2)[C@H](OCc2ccccc2)[C@@H]1OCCC=C1C=CC(=O)[C@H]([C@H](OC)C(=O)N2C(=O)O[C@H](c3ccccc3)[C@@H]2C)O1. The van der Waals surface area contributed by atoms with Gasteiger partial charge in [0.05, 0.1) is 32.5 Å². The van der Waals surface area contributed by atoms with Crippen LogP contribution < -0.4 is 0 Å². The number of methoxy groups -OCH3 is 2. The fraction of sp³-hybridized carbons (Fsp3) is 0.405. The van der Waals surface area contributed by atoms with E-state index in [9.17, 15) is 19.5 Å². The van der Waals surface area contributed by atoms with Crippen molar-refractivity contribution in [1.82, 2.24) is 4.90 Å². The van der Waals surface area contributed by atoms with Crippen molar-refractivity contribution in [2.75, 3.05) is 27.4 Å². The fourth-order valence-electron chi connectivity index (χ4n) is 6.89. The Hall–Kier alpha value is -4.73. The molecule has 3 aromatic carbocycles. The predicted molar refractivity (Wildman–Crippen MR) is 197 cm³/mol. The maximum Gasteiger partial charge on any atom is 0.417 e. The van der Waals surface area contributed by atoms with Crippen LogP contribution in [0.2, 0.25) is 0 Å². The first-order valence-electron chi connectivity index (χ1n) is 18.2. The van der Waals surface area contributed by atoms with Gasteiger partial charge in [-0.2, -0.15) is 0 Å². The maximum atomic E-state index is 13.7. The number of nitrogens with zero attached hydrogens (tertiary/aromatic N) is 1. The zero-order valence-corrected chi connectivity index (χ0v) is 31.0. The van der Waals surface area contributed by atoms with E-state index in [0.29, 0.717) is 12.2 Å². The number of rotatable bonds is 16. The van der Waals surface area contributed by atoms with Crippen molar-refractivity contribution in [3.05, 3.63) is 132 Å². The molecule has 55 heavy (non-hydrogen) atoms. The fourth-order valence-corrected chi connectivity index (χ4v) is 6.89. The van der Waals surface area contributed by atoms with Crippen molar-refractivity contribution in [2.45, 2.75) is 81.6 Å². The Morgan fingerprint density at radius 1 is 0.818 bits per heavy atom. The number of carbonyl (C=O) groups excluding carboxylic acids is 3. The molecule has 3 heterocycles. The number of carbonyl (C=O) groups is 3. The topological polar surface area (TPSA) is 149 Å². The van der Waals surface area contributed by atoms with Crippen LogP contribution in [-0.4, -0.2) is 104 Å². The van der Waals surface area contributed by atoms with E-state index < -0.39 is 72.8 Å². The van der Waals surface area contributed by atoms with E-state index in [4.69, 9.17) is 37.9 Å². The number of ether oxygens (including phenoxy) is 8. The number of allylic oxidation sites excluding steroid dienone is 1. The minimum absolute atomic E-state index is 0.151. The normalized spacial score (nSPS) is 27.9. The zero-order chi connectivity index (χ0) is 38.7. The van der Waals surface area contributed by atoms with E-state index in [1.807, 2.05) is 91.0 Å². The van der Waals surface area contributed by atoms with Crippen LogP contribution in [0.5, 0.6) is 0 Å². The zero-order valence-electron chi connectivity index (χ0n) is 31.0. The molecule has 0 aromatic heterocycles. The molecule has 0 saturated carbocycles. The van der Waals surface area contributed by atoms with Gasteiger partial charge in [0.15, 0.2) is 24.3 Å². The Balaban J connectivity index is 1.12. The molecule has 3 aliphatic rings. The van der Waals surface area contributed by atoms with Gasteiger partial charge < -0.3 is 43.0 Å². The van der Waals surface area contributed by atoms with Gasteiger partial charge >= 0.3 is 6.09 Å². The first-order valence-corrected chi connectivity index (χ1v) is 18.2. The van der Waals surface area contributed by atoms with Crippen molar-refractivity contribution >= 4 is 17.8 Å². The van der Waals surface area contributed by atoms with Crippen LogP contribution in [0.3, 0.4) is 0 Å². The van der Waals surface area contributed by atoms with Crippen molar-refractivity contribution in [3.63, 3.8) is 0 Å². The summed E-state index contributed by atoms with van der Waals surface area (Å²) in [7, 11) is 2.77. The van der Waals surface area contributed by atoms with Gasteiger partial charge in [0.2, 0.25) is 0 Å². The Labute approximate surface area is 320 Å². The molecule has 0 spiro atoms. The smallest absolute Gasteiger partial charge is 0.417 e. The molecule has 2 amide bonds. The summed E-state index contributed by atoms with van der Waals surface area (Å²) >= 11 is 0. The third-order valence-corrected chi connectivity index (χ3v) is 9.71. The maximum absolute atomic E-state index is 13.7. The molecule has 9 atom stereocenters. The molecule has 0 aliphatic carbocycles. The molecule has 2 fully saturated rings. The lowest BCUT2D eigenvalue weighted by atomic mass is 9.98. The number of cyclic esters (lactones) is 1. The monoisotopic (exact) mass is 757 g/mol. The Kier molecular flexibility index (Phi) is 14.0. The lowest BCUT2D eigenvalue weighted by Gasteiger charge is -2.45. The Morgan fingerprint density at radius 3 is 2.04 bits per heavy atom. The number of imide groups is 1. The van der Waals surface area contributed by atoms with Crippen LogP contribution >= 0.6 is 0 Å². The largest absolute Gasteiger partial charge is 0.479 e. The van der Waals surface area contributed by atoms with Gasteiger partial charge in [-0.25, -0.2) is 9.69 Å². The number of amides is 2. The van der Waals surface area contributed by atoms with Gasteiger partial charge in [0, 0.05) is 14.2 Å². The Morgan fingerprint density at radius 2 is 1.44 bits per heavy atom. The highest BCUT2D eigenvalue weighted by Gasteiger charge is 2.50. The third kappa shape index (κ3) is 9.57. The van der Waals surface area contributed by atoms with Crippen LogP contribution in [-0.2, 0) is 60.7 Å². The molecule has 13 nitrogen and oxygen atoms in total. The molecule has 13 heteroatoms. The molecular weight excluding hydrogens is 710 g/mol. The Bertz CT molecular complexity index is 1770. The van der Waals surface area contributed by atoms with Crippen molar-refractivity contribution in [2.24, 2.45) is 0 Å². The molecule has 0 radical (unpaired) electrons. The summed E-state index contributed by atoms with van der Waals surface area (Å²) in [5.41, 5.74) is 2.63. The van der Waals surface area contributed by atoms with Crippen LogP contribution in [0.4, 0.5) is 4.79 Å². The summed E-state index contributed by atoms with van der Waals surface area (Å²) in [5.74, 6) is -0.926. The highest BCUT2D eigenvalue weighted by Crippen LogP contribution is 2.34. The van der Waals surface area contributed by atoms with Crippen molar-refractivity contribution in [3.8, 4) is 0 Å². The van der Waals surface area contributed by atoms with Crippen LogP contribution in [0.25, 0.3) is 0 Å². The summed E-state index contributed by atoms with van der Waals surface area (Å²) in [6.45, 7) is 2.03. The number of hydrogen-bond donors (Lipinski definition) is 1. The lowest BCUT2D eigenvalue weighted by Crippen LogP contribution is -2.61. The third-order valence-electron chi connectivity index (χ3n) is 9.71. The molecule has 292 valence electrons. The molecule has 6 rings (SSSR count). The number of benzene rings is 3. The number of aliphatic hydroxyl groups is 1. The van der Waals surface area contributed by atoms with Crippen molar-refractivity contribution in [1.29, 1.82) is 0 Å². The summed E-state index contributed by atoms with van der Waals surface area (Å²) < 4.78 is 48.1. The van der Waals surface area contributed by atoms with Crippen LogP contribution in [0.1, 0.15) is 36.1 Å². The molecular formula is C42H47NO12. The minimum atomic E-state index is -1.42. The highest BCUT2D eigenvalue weighted by atomic mass is 16.7. The van der Waals surface area contributed by atoms with Crippen LogP contribution in [0.15, 0.2) is 115 Å². The second-order valence-corrected chi connectivity index (χ2v) is 13.3. The van der Waals surface area contributed by atoms with Crippen molar-refractivity contribution < 1.29 is 57.4 Å². The summed E-state index contributed by atoms with van der Waals surface area (Å²) in [6.07, 6.45) is -3.22. The second kappa shape index (κ2) is 19.2. The first-order chi connectivity index (χ1) is 26.8. The molecule has 2 saturated heterocycles. The van der Waals surface area contributed by atoms with E-state index in [-0.39, 0.29) is 26.4 Å². The molecule has 3 aliphatic heterocycles. The molecule has 3 aromatic rings. The summed E-state index contributed by atoms with van der Waals surface area (Å²) in [5, 5.41) is 10.3. The minimum Gasteiger partial charge on any atom is -0.479 e. The lowest BCUT2D eigenvalue weighted by molar-refractivity contribution is -0.319. The number of hydrogen-bond acceptors (Lipinski definition) is 12. The number of aliphatic hydroxyl groups excluding tert-OH is 1. The van der Waals surface area contributed by atoms with Crippen LogP contribution in [0, 0.1) is 0 Å². The van der Waals surface area contributed by atoms with Gasteiger partial charge in [0.25, 0.3) is 5.91 Å². The average Bonchev–Trinajstić information content (AvgIpc) is 3.52. The molecule has 1 N–H and O–H groups in total. The summed E-state index contributed by atoms with van der Waals surface area (Å²) in [4.78, 5) is 40.7. The van der Waals surface area contributed by atoms with Gasteiger partial charge in [-0.05, 0) is 48.3 Å². The molecule has 0 bridgehead atoms. The second-order valence-electron chi connectivity index (χ2n) is 13.3. The van der Waals surface area contributed by atoms with Gasteiger partial charge in [0.1, 0.15) is 36.3 Å². The van der Waals surface area contributed by atoms with E-state index in [1.165, 1.54) is 26.4 Å². The first kappa shape index (κ1) is 39.9. The van der Waals surface area contributed by atoms with Gasteiger partial charge in [-0.15, -0.1) is 0 Å². The highest BCUT2D eigenvalue weighted by molar-refractivity contribution is 6.03. The van der Waals surface area contributed by atoms with E-state index in [0.717, 1.165) is 21.6 Å². The van der Waals surface area contributed by atoms with E-state index in [2.05, 4.69) is 0 Å². The standard InChI is InChI=1S/C42H47NO12/c1-27-34(30-18-11-6-12-19-30)55-42(47)43(27)40(46)38(48-2)35-32(45)22-21-31(53-35)20-13-23-50-39-37(52-26-29-16-9-5-10-17-29)36(33(24-44)54-41(39)49-3)51-25-28-14-7-4-8-15-28/h4-12,14-22,27,33-39,41,44H,13,23-26H2,1-3H3/t27-,33+,34-,35+,36+,37-,38-,39-,41-/m0/s1. The van der Waals surface area contributed by atoms with E-state index >= 15 is 0 Å². The van der Waals surface area contributed by atoms with Gasteiger partial charge in [-0.1, -0.05) is 91.0 Å². The number of ketones is 1. The quantitative estimate of drug-likeness (QED) is 0.200. The molecule has 0 unspecified atom stereocenters. The predicted octanol–water partition coefficient (Wildman–Crippen LogP) is 4.83. The average molecular weight is 758 g/mol.